The third kappa shape index (κ3) is 3.70. The van der Waals surface area contributed by atoms with E-state index < -0.39 is 12.0 Å². The fourth-order valence-electron chi connectivity index (χ4n) is 1.69. The average Bonchev–Trinajstić information content (AvgIpc) is 2.58. The fraction of sp³-hybridized carbons (Fsp3) is 0.583. The summed E-state index contributed by atoms with van der Waals surface area (Å²) in [5, 5.41) is 6.68. The Hall–Kier alpha value is -2.05. The Labute approximate surface area is 111 Å². The molecule has 0 aliphatic carbocycles. The molecule has 0 aliphatic heterocycles. The first-order valence-corrected chi connectivity index (χ1v) is 5.84. The number of ether oxygens (including phenoxy) is 2. The molecule has 19 heavy (non-hydrogen) atoms. The summed E-state index contributed by atoms with van der Waals surface area (Å²) >= 11 is 0. The van der Waals surface area contributed by atoms with Gasteiger partial charge in [-0.05, 0) is 13.8 Å². The van der Waals surface area contributed by atoms with Crippen LogP contribution in [0.3, 0.4) is 0 Å². The molecule has 0 saturated heterocycles. The van der Waals surface area contributed by atoms with Crippen molar-refractivity contribution in [1.29, 1.82) is 0 Å². The van der Waals surface area contributed by atoms with Crippen LogP contribution in [0.2, 0.25) is 0 Å². The summed E-state index contributed by atoms with van der Waals surface area (Å²) in [6, 6.07) is -0.832. The SMILES string of the molecule is COC(=O)C(COc1c(C)nn(C)c1C)NC(C)=O. The van der Waals surface area contributed by atoms with Crippen LogP contribution in [0.4, 0.5) is 0 Å². The zero-order valence-corrected chi connectivity index (χ0v) is 11.8. The number of nitrogens with one attached hydrogen (secondary N) is 1. The highest BCUT2D eigenvalue weighted by atomic mass is 16.5. The van der Waals surface area contributed by atoms with Crippen LogP contribution in [-0.2, 0) is 21.4 Å². The third-order valence-electron chi connectivity index (χ3n) is 2.70. The van der Waals surface area contributed by atoms with Crippen molar-refractivity contribution in [2.75, 3.05) is 13.7 Å². The highest BCUT2D eigenvalue weighted by Gasteiger charge is 2.22. The Balaban J connectivity index is 2.75. The van der Waals surface area contributed by atoms with Crippen molar-refractivity contribution in [3.8, 4) is 5.75 Å². The highest BCUT2D eigenvalue weighted by molar-refractivity contribution is 5.83. The van der Waals surface area contributed by atoms with Gasteiger partial charge >= 0.3 is 5.97 Å². The molecule has 0 saturated carbocycles. The Kier molecular flexibility index (Phi) is 4.91. The molecule has 106 valence electrons. The molecule has 7 heteroatoms. The quantitative estimate of drug-likeness (QED) is 0.766. The predicted molar refractivity (Wildman–Crippen MR) is 67.8 cm³/mol. The van der Waals surface area contributed by atoms with E-state index in [9.17, 15) is 9.59 Å². The van der Waals surface area contributed by atoms with Crippen LogP contribution in [0.1, 0.15) is 18.3 Å². The van der Waals surface area contributed by atoms with Crippen LogP contribution < -0.4 is 10.1 Å². The van der Waals surface area contributed by atoms with Gasteiger partial charge in [0.1, 0.15) is 12.3 Å². The second kappa shape index (κ2) is 6.21. The monoisotopic (exact) mass is 269 g/mol. The van der Waals surface area contributed by atoms with Crippen molar-refractivity contribution in [3.63, 3.8) is 0 Å². The number of carbonyl (C=O) groups is 2. The Bertz CT molecular complexity index is 482. The number of methoxy groups -OCH3 is 1. The van der Waals surface area contributed by atoms with Gasteiger partial charge in [0.25, 0.3) is 0 Å². The summed E-state index contributed by atoms with van der Waals surface area (Å²) < 4.78 is 11.9. The zero-order valence-electron chi connectivity index (χ0n) is 11.8. The smallest absolute Gasteiger partial charge is 0.331 e. The number of hydrogen-bond acceptors (Lipinski definition) is 5. The molecule has 0 spiro atoms. The van der Waals surface area contributed by atoms with E-state index >= 15 is 0 Å². The van der Waals surface area contributed by atoms with Gasteiger partial charge < -0.3 is 14.8 Å². The first-order valence-electron chi connectivity index (χ1n) is 5.84. The molecule has 0 bridgehead atoms. The largest absolute Gasteiger partial charge is 0.487 e. The Morgan fingerprint density at radius 2 is 2.05 bits per heavy atom. The number of rotatable bonds is 5. The molecule has 1 aromatic rings. The van der Waals surface area contributed by atoms with Crippen molar-refractivity contribution in [2.45, 2.75) is 26.8 Å². The maximum Gasteiger partial charge on any atom is 0.331 e. The second-order valence-corrected chi connectivity index (χ2v) is 4.21. The van der Waals surface area contributed by atoms with Crippen molar-refractivity contribution in [3.05, 3.63) is 11.4 Å². The van der Waals surface area contributed by atoms with Gasteiger partial charge in [-0.1, -0.05) is 0 Å². The van der Waals surface area contributed by atoms with Crippen LogP contribution >= 0.6 is 0 Å². The number of carbonyl (C=O) groups excluding carboxylic acids is 2. The van der Waals surface area contributed by atoms with E-state index in [0.29, 0.717) is 5.75 Å². The molecule has 1 atom stereocenters. The van der Waals surface area contributed by atoms with Gasteiger partial charge in [-0.25, -0.2) is 4.79 Å². The van der Waals surface area contributed by atoms with Gasteiger partial charge in [0, 0.05) is 14.0 Å². The van der Waals surface area contributed by atoms with Crippen LogP contribution in [-0.4, -0.2) is 41.4 Å². The minimum Gasteiger partial charge on any atom is -0.487 e. The van der Waals surface area contributed by atoms with E-state index in [4.69, 9.17) is 4.74 Å². The zero-order chi connectivity index (χ0) is 14.6. The molecule has 1 N–H and O–H groups in total. The second-order valence-electron chi connectivity index (χ2n) is 4.21. The molecule has 7 nitrogen and oxygen atoms in total. The van der Waals surface area contributed by atoms with Crippen molar-refractivity contribution in [2.24, 2.45) is 7.05 Å². The summed E-state index contributed by atoms with van der Waals surface area (Å²) in [6.45, 7) is 5.00. The average molecular weight is 269 g/mol. The van der Waals surface area contributed by atoms with Crippen molar-refractivity contribution >= 4 is 11.9 Å². The number of nitrogens with zero attached hydrogens (tertiary/aromatic N) is 2. The van der Waals surface area contributed by atoms with Gasteiger partial charge in [0.15, 0.2) is 11.8 Å². The molecule has 1 heterocycles. The Morgan fingerprint density at radius 3 is 2.47 bits per heavy atom. The van der Waals surface area contributed by atoms with Gasteiger partial charge in [-0.15, -0.1) is 0 Å². The molecule has 1 unspecified atom stereocenters. The topological polar surface area (TPSA) is 82.4 Å². The minimum atomic E-state index is -0.832. The predicted octanol–water partition coefficient (Wildman–Crippen LogP) is 0.0934. The lowest BCUT2D eigenvalue weighted by Crippen LogP contribution is -2.44. The minimum absolute atomic E-state index is 0.000370. The molecular formula is C12H19N3O4. The molecule has 0 aromatic carbocycles. The van der Waals surface area contributed by atoms with E-state index in [1.165, 1.54) is 14.0 Å². The number of aromatic nitrogens is 2. The number of aryl methyl sites for hydroxylation is 2. The molecule has 1 amide bonds. The van der Waals surface area contributed by atoms with Gasteiger partial charge in [0.05, 0.1) is 12.8 Å². The molecule has 1 aromatic heterocycles. The number of esters is 1. The van der Waals surface area contributed by atoms with E-state index in [-0.39, 0.29) is 12.5 Å². The van der Waals surface area contributed by atoms with Crippen LogP contribution in [0.5, 0.6) is 5.75 Å². The van der Waals surface area contributed by atoms with Crippen LogP contribution in [0.15, 0.2) is 0 Å². The number of hydrogen-bond donors (Lipinski definition) is 1. The molecule has 0 fully saturated rings. The Morgan fingerprint density at radius 1 is 1.42 bits per heavy atom. The fourth-order valence-corrected chi connectivity index (χ4v) is 1.69. The van der Waals surface area contributed by atoms with Crippen LogP contribution in [0, 0.1) is 13.8 Å². The summed E-state index contributed by atoms with van der Waals surface area (Å²) in [5.41, 5.74) is 1.58. The summed E-state index contributed by atoms with van der Waals surface area (Å²) in [6.07, 6.45) is 0. The summed E-state index contributed by atoms with van der Waals surface area (Å²) in [4.78, 5) is 22.5. The third-order valence-corrected chi connectivity index (χ3v) is 2.70. The van der Waals surface area contributed by atoms with E-state index in [1.807, 2.05) is 13.8 Å². The summed E-state index contributed by atoms with van der Waals surface area (Å²) in [7, 11) is 3.07. The maximum absolute atomic E-state index is 11.5. The van der Waals surface area contributed by atoms with Gasteiger partial charge in [0.2, 0.25) is 5.91 Å². The highest BCUT2D eigenvalue weighted by Crippen LogP contribution is 2.21. The lowest BCUT2D eigenvalue weighted by Gasteiger charge is -2.16. The summed E-state index contributed by atoms with van der Waals surface area (Å²) in [5.74, 6) is -0.255. The molecule has 0 aliphatic rings. The normalized spacial score (nSPS) is 11.8. The van der Waals surface area contributed by atoms with Crippen LogP contribution in [0.25, 0.3) is 0 Å². The molecule has 1 rings (SSSR count). The van der Waals surface area contributed by atoms with Gasteiger partial charge in [-0.3, -0.25) is 9.48 Å². The molecular weight excluding hydrogens is 250 g/mol. The first-order chi connectivity index (χ1) is 8.86. The molecule has 0 radical (unpaired) electrons. The van der Waals surface area contributed by atoms with E-state index in [2.05, 4.69) is 15.2 Å². The van der Waals surface area contributed by atoms with E-state index in [0.717, 1.165) is 11.4 Å². The number of amides is 1. The van der Waals surface area contributed by atoms with Crippen molar-refractivity contribution < 1.29 is 19.1 Å². The lowest BCUT2D eigenvalue weighted by atomic mass is 10.3. The lowest BCUT2D eigenvalue weighted by molar-refractivity contribution is -0.145. The van der Waals surface area contributed by atoms with E-state index in [1.54, 1.807) is 11.7 Å². The standard InChI is InChI=1S/C12H19N3O4/c1-7-11(8(2)15(4)14-7)19-6-10(12(17)18-5)13-9(3)16/h10H,6H2,1-5H3,(H,13,16). The van der Waals surface area contributed by atoms with Crippen molar-refractivity contribution in [1.82, 2.24) is 15.1 Å². The maximum atomic E-state index is 11.5. The van der Waals surface area contributed by atoms with Gasteiger partial charge in [-0.2, -0.15) is 5.10 Å². The first kappa shape index (κ1) is 15.0.